The maximum absolute atomic E-state index is 11.1. The van der Waals surface area contributed by atoms with Crippen LogP contribution in [0.4, 0.5) is 0 Å². The quantitative estimate of drug-likeness (QED) is 0.638. The summed E-state index contributed by atoms with van der Waals surface area (Å²) in [7, 11) is 1.55. The van der Waals surface area contributed by atoms with Gasteiger partial charge in [-0.05, 0) is 19.6 Å². The molecule has 13 heavy (non-hydrogen) atoms. The normalized spacial score (nSPS) is 39.9. The molecule has 0 saturated carbocycles. The van der Waals surface area contributed by atoms with E-state index in [1.54, 1.807) is 7.11 Å². The van der Waals surface area contributed by atoms with Crippen molar-refractivity contribution in [1.29, 1.82) is 0 Å². The summed E-state index contributed by atoms with van der Waals surface area (Å²) in [6.45, 7) is -1.97. The summed E-state index contributed by atoms with van der Waals surface area (Å²) in [6.07, 6.45) is 0.00783. The molecule has 1 heterocycles. The summed E-state index contributed by atoms with van der Waals surface area (Å²) in [5.74, 6) is 0. The molecule has 3 unspecified atom stereocenters. The zero-order valence-corrected chi connectivity index (χ0v) is 9.35. The summed E-state index contributed by atoms with van der Waals surface area (Å²) in [6, 6.07) is 0. The van der Waals surface area contributed by atoms with Gasteiger partial charge < -0.3 is 18.9 Å². The van der Waals surface area contributed by atoms with Gasteiger partial charge in [0.15, 0.2) is 0 Å². The van der Waals surface area contributed by atoms with Gasteiger partial charge >= 0.3 is 0 Å². The smallest absolute Gasteiger partial charge is 0.107 e. The third-order valence-electron chi connectivity index (χ3n) is 1.79. The predicted molar refractivity (Wildman–Crippen MR) is 51.3 cm³/mol. The van der Waals surface area contributed by atoms with Crippen LogP contribution in [0, 0.1) is 0 Å². The SMILES string of the molecule is [3H]C1CC(OC)[C@@H](COP(C)([O-])=S)O1. The number of ether oxygens (including phenoxy) is 2. The fourth-order valence-electron chi connectivity index (χ4n) is 1.12. The standard InChI is InChI=1S/C7H15O4PS/c1-9-6-3-4-10-7(6)5-11-12(2,8)13/h6-7H,3-5H2,1-2H3,(H,8,13)/p-1/t6?,7-,12?/m1/s1/i4T/t4?,6?,7-,12?. The van der Waals surface area contributed by atoms with Gasteiger partial charge in [-0.15, -0.1) is 0 Å². The zero-order valence-electron chi connectivity index (χ0n) is 8.63. The van der Waals surface area contributed by atoms with Crippen LogP contribution in [-0.2, 0) is 25.8 Å². The first kappa shape index (κ1) is 10.0. The van der Waals surface area contributed by atoms with Gasteiger partial charge in [0.1, 0.15) is 6.10 Å². The second-order valence-electron chi connectivity index (χ2n) is 2.92. The molecule has 0 aromatic rings. The number of methoxy groups -OCH3 is 1. The second-order valence-corrected chi connectivity index (χ2v) is 6.71. The zero-order chi connectivity index (χ0) is 10.8. The van der Waals surface area contributed by atoms with Crippen LogP contribution in [0.1, 0.15) is 7.79 Å². The topological polar surface area (TPSA) is 50.8 Å². The minimum absolute atomic E-state index is 0.130. The summed E-state index contributed by atoms with van der Waals surface area (Å²) in [5.41, 5.74) is 0. The fraction of sp³-hybridized carbons (Fsp3) is 1.00. The van der Waals surface area contributed by atoms with Crippen molar-refractivity contribution in [2.24, 2.45) is 0 Å². The van der Waals surface area contributed by atoms with E-state index in [4.69, 9.17) is 15.4 Å². The minimum Gasteiger partial charge on any atom is -0.801 e. The van der Waals surface area contributed by atoms with E-state index in [1.165, 1.54) is 6.66 Å². The molecule has 0 aromatic heterocycles. The first-order chi connectivity index (χ1) is 6.42. The number of rotatable bonds is 4. The van der Waals surface area contributed by atoms with E-state index in [2.05, 4.69) is 11.8 Å². The van der Waals surface area contributed by atoms with Crippen molar-refractivity contribution >= 4 is 18.3 Å². The third kappa shape index (κ3) is 4.02. The molecule has 78 valence electrons. The van der Waals surface area contributed by atoms with E-state index < -0.39 is 13.1 Å². The third-order valence-corrected chi connectivity index (χ3v) is 2.72. The molecule has 0 radical (unpaired) electrons. The van der Waals surface area contributed by atoms with Gasteiger partial charge in [-0.2, -0.15) is 0 Å². The largest absolute Gasteiger partial charge is 0.801 e. The van der Waals surface area contributed by atoms with Crippen LogP contribution in [0.3, 0.4) is 0 Å². The average molecular weight is 227 g/mol. The highest BCUT2D eigenvalue weighted by Crippen LogP contribution is 2.33. The van der Waals surface area contributed by atoms with E-state index in [0.29, 0.717) is 6.42 Å². The lowest BCUT2D eigenvalue weighted by Gasteiger charge is -2.25. The fourth-order valence-corrected chi connectivity index (χ4v) is 1.72. The van der Waals surface area contributed by atoms with Gasteiger partial charge in [0.25, 0.3) is 0 Å². The van der Waals surface area contributed by atoms with Crippen molar-refractivity contribution in [3.05, 3.63) is 0 Å². The predicted octanol–water partition coefficient (Wildman–Crippen LogP) is 0.106. The van der Waals surface area contributed by atoms with Crippen LogP contribution in [0.2, 0.25) is 0 Å². The Morgan fingerprint density at radius 3 is 3.08 bits per heavy atom. The van der Waals surface area contributed by atoms with E-state index >= 15 is 0 Å². The van der Waals surface area contributed by atoms with Crippen LogP contribution < -0.4 is 4.89 Å². The Bertz CT molecular complexity index is 234. The summed E-state index contributed by atoms with van der Waals surface area (Å²) in [4.78, 5) is 11.1. The highest BCUT2D eigenvalue weighted by atomic mass is 32.5. The van der Waals surface area contributed by atoms with Gasteiger partial charge in [-0.3, -0.25) is 0 Å². The van der Waals surface area contributed by atoms with Crippen molar-refractivity contribution in [3.63, 3.8) is 0 Å². The minimum atomic E-state index is -2.89. The first-order valence-corrected chi connectivity index (χ1v) is 7.04. The monoisotopic (exact) mass is 227 g/mol. The van der Waals surface area contributed by atoms with Gasteiger partial charge in [0.05, 0.1) is 14.1 Å². The first-order valence-electron chi connectivity index (χ1n) is 4.53. The molecular formula is C7H14O4PS-. The summed E-state index contributed by atoms with van der Waals surface area (Å²) in [5, 5.41) is 0. The van der Waals surface area contributed by atoms with Crippen LogP contribution in [0.25, 0.3) is 0 Å². The summed E-state index contributed by atoms with van der Waals surface area (Å²) < 4.78 is 22.7. The highest BCUT2D eigenvalue weighted by Gasteiger charge is 2.28. The summed E-state index contributed by atoms with van der Waals surface area (Å²) >= 11 is 4.61. The van der Waals surface area contributed by atoms with Gasteiger partial charge in [0.2, 0.25) is 0 Å². The molecule has 0 N–H and O–H groups in total. The van der Waals surface area contributed by atoms with E-state index in [0.717, 1.165) is 0 Å². The Morgan fingerprint density at radius 2 is 2.54 bits per heavy atom. The Balaban J connectivity index is 2.40. The van der Waals surface area contributed by atoms with E-state index in [9.17, 15) is 4.89 Å². The second kappa shape index (κ2) is 4.82. The molecule has 1 aliphatic rings. The Kier molecular flexibility index (Phi) is 3.72. The van der Waals surface area contributed by atoms with Crippen molar-refractivity contribution in [1.82, 2.24) is 0 Å². The molecule has 0 spiro atoms. The lowest BCUT2D eigenvalue weighted by atomic mass is 10.2. The van der Waals surface area contributed by atoms with Crippen LogP contribution >= 0.6 is 6.49 Å². The van der Waals surface area contributed by atoms with Gasteiger partial charge in [-0.25, -0.2) is 0 Å². The lowest BCUT2D eigenvalue weighted by molar-refractivity contribution is -0.183. The van der Waals surface area contributed by atoms with E-state index in [1.807, 2.05) is 0 Å². The molecule has 0 aliphatic carbocycles. The highest BCUT2D eigenvalue weighted by molar-refractivity contribution is 8.08. The molecule has 4 atom stereocenters. The van der Waals surface area contributed by atoms with E-state index in [-0.39, 0.29) is 18.8 Å². The Morgan fingerprint density at radius 1 is 1.85 bits per heavy atom. The van der Waals surface area contributed by atoms with Crippen LogP contribution in [-0.4, -0.2) is 39.2 Å². The Labute approximate surface area is 84.8 Å². The van der Waals surface area contributed by atoms with Gasteiger partial charge in [-0.1, -0.05) is 11.8 Å². The molecule has 1 saturated heterocycles. The lowest BCUT2D eigenvalue weighted by Crippen LogP contribution is -2.28. The van der Waals surface area contributed by atoms with Crippen molar-refractivity contribution in [2.75, 3.05) is 27.0 Å². The molecule has 1 aliphatic heterocycles. The van der Waals surface area contributed by atoms with Gasteiger partial charge in [0, 0.05) is 13.7 Å². The van der Waals surface area contributed by atoms with Crippen LogP contribution in [0.5, 0.6) is 0 Å². The van der Waals surface area contributed by atoms with Crippen molar-refractivity contribution < 1.29 is 20.3 Å². The number of hydrogen-bond acceptors (Lipinski definition) is 5. The maximum atomic E-state index is 11.1. The molecule has 1 fully saturated rings. The Hall–Kier alpha value is 0.490. The number of hydrogen-bond donors (Lipinski definition) is 0. The van der Waals surface area contributed by atoms with Crippen LogP contribution in [0.15, 0.2) is 0 Å². The molecule has 0 amide bonds. The molecule has 0 aromatic carbocycles. The molecule has 1 rings (SSSR count). The molecule has 0 bridgehead atoms. The molecule has 4 nitrogen and oxygen atoms in total. The average Bonchev–Trinajstić information content (AvgIpc) is 2.41. The van der Waals surface area contributed by atoms with Crippen molar-refractivity contribution in [3.8, 4) is 0 Å². The maximum Gasteiger partial charge on any atom is 0.107 e. The van der Waals surface area contributed by atoms with Crippen molar-refractivity contribution in [2.45, 2.75) is 18.6 Å². The molecular weight excluding hydrogens is 211 g/mol. The molecule has 6 heteroatoms.